The molecule has 7 heteroatoms. The Morgan fingerprint density at radius 3 is 2.80 bits per heavy atom. The number of piperidine rings is 1. The van der Waals surface area contributed by atoms with Crippen molar-refractivity contribution >= 4 is 22.9 Å². The maximum Gasteiger partial charge on any atom is 0.227 e. The van der Waals surface area contributed by atoms with Gasteiger partial charge >= 0.3 is 0 Å². The minimum absolute atomic E-state index is 0.0535. The van der Waals surface area contributed by atoms with Crippen LogP contribution in [0.1, 0.15) is 31.2 Å². The number of anilines is 1. The number of carbonyl (C=O) groups excluding carboxylic acids is 1. The van der Waals surface area contributed by atoms with E-state index in [1.54, 1.807) is 6.07 Å². The summed E-state index contributed by atoms with van der Waals surface area (Å²) >= 11 is 0. The average molecular weight is 400 g/mol. The molecule has 0 aliphatic carbocycles. The highest BCUT2D eigenvalue weighted by Gasteiger charge is 2.31. The number of aromatic amines is 1. The van der Waals surface area contributed by atoms with Gasteiger partial charge in [-0.25, -0.2) is 9.97 Å². The first-order chi connectivity index (χ1) is 14.7. The molecule has 7 nitrogen and oxygen atoms in total. The van der Waals surface area contributed by atoms with Crippen LogP contribution in [0.2, 0.25) is 0 Å². The van der Waals surface area contributed by atoms with Crippen LogP contribution in [-0.2, 0) is 4.79 Å². The van der Waals surface area contributed by atoms with Gasteiger partial charge in [0.05, 0.1) is 23.1 Å². The number of H-pyrrole nitrogens is 1. The van der Waals surface area contributed by atoms with Gasteiger partial charge in [-0.3, -0.25) is 4.79 Å². The molecule has 0 saturated carbocycles. The predicted octanol–water partition coefficient (Wildman–Crippen LogP) is 3.34. The van der Waals surface area contributed by atoms with Crippen LogP contribution in [0.4, 0.5) is 5.82 Å². The molecule has 1 atom stereocenters. The third kappa shape index (κ3) is 3.50. The number of pyridine rings is 1. The van der Waals surface area contributed by atoms with E-state index in [0.29, 0.717) is 22.9 Å². The molecule has 1 aromatic carbocycles. The zero-order valence-electron chi connectivity index (χ0n) is 16.8. The first kappa shape index (κ1) is 18.6. The number of nitriles is 1. The molecule has 0 radical (unpaired) electrons. The molecule has 0 bridgehead atoms. The summed E-state index contributed by atoms with van der Waals surface area (Å²) in [6.07, 6.45) is 4.20. The van der Waals surface area contributed by atoms with Crippen molar-refractivity contribution in [3.63, 3.8) is 0 Å². The number of aromatic nitrogens is 3. The number of carbonyl (C=O) groups is 1. The maximum atomic E-state index is 12.8. The Bertz CT molecular complexity index is 1120. The minimum atomic E-state index is 0.0535. The van der Waals surface area contributed by atoms with Gasteiger partial charge in [0.1, 0.15) is 11.6 Å². The van der Waals surface area contributed by atoms with Crippen LogP contribution in [0, 0.1) is 17.2 Å². The Hall–Kier alpha value is -3.40. The summed E-state index contributed by atoms with van der Waals surface area (Å²) in [5.41, 5.74) is 2.97. The van der Waals surface area contributed by atoms with E-state index in [1.807, 2.05) is 35.2 Å². The molecule has 1 N–H and O–H groups in total. The predicted molar refractivity (Wildman–Crippen MR) is 115 cm³/mol. The SMILES string of the molecule is N#Cc1cccc(-c2nc3nc(N4CCCC(C(=O)N5CCCC5)C4)ccc3[nH]2)c1. The zero-order valence-corrected chi connectivity index (χ0v) is 16.8. The van der Waals surface area contributed by atoms with Gasteiger partial charge in [0.15, 0.2) is 5.65 Å². The van der Waals surface area contributed by atoms with E-state index < -0.39 is 0 Å². The van der Waals surface area contributed by atoms with Gasteiger partial charge in [-0.15, -0.1) is 0 Å². The lowest BCUT2D eigenvalue weighted by molar-refractivity contribution is -0.134. The lowest BCUT2D eigenvalue weighted by atomic mass is 9.96. The summed E-state index contributed by atoms with van der Waals surface area (Å²) in [5.74, 6) is 1.92. The Labute approximate surface area is 175 Å². The van der Waals surface area contributed by atoms with Crippen LogP contribution in [-0.4, -0.2) is 51.9 Å². The first-order valence-electron chi connectivity index (χ1n) is 10.6. The molecule has 152 valence electrons. The van der Waals surface area contributed by atoms with E-state index in [0.717, 1.165) is 68.8 Å². The number of likely N-dealkylation sites (tertiary alicyclic amines) is 1. The molecule has 0 spiro atoms. The second-order valence-electron chi connectivity index (χ2n) is 8.14. The second kappa shape index (κ2) is 7.79. The highest BCUT2D eigenvalue weighted by Crippen LogP contribution is 2.27. The summed E-state index contributed by atoms with van der Waals surface area (Å²) in [6, 6.07) is 13.5. The number of hydrogen-bond acceptors (Lipinski definition) is 5. The molecule has 2 fully saturated rings. The molecule has 2 aliphatic heterocycles. The third-order valence-electron chi connectivity index (χ3n) is 6.11. The summed E-state index contributed by atoms with van der Waals surface area (Å²) in [4.78, 5) is 29.8. The number of nitrogens with one attached hydrogen (secondary N) is 1. The molecule has 5 rings (SSSR count). The highest BCUT2D eigenvalue weighted by molar-refractivity contribution is 5.81. The topological polar surface area (TPSA) is 88.9 Å². The smallest absolute Gasteiger partial charge is 0.227 e. The molecule has 2 saturated heterocycles. The van der Waals surface area contributed by atoms with Crippen LogP contribution in [0.5, 0.6) is 0 Å². The molecule has 2 aromatic heterocycles. The van der Waals surface area contributed by atoms with Gasteiger partial charge in [-0.1, -0.05) is 12.1 Å². The van der Waals surface area contributed by atoms with Crippen LogP contribution in [0.15, 0.2) is 36.4 Å². The molecule has 30 heavy (non-hydrogen) atoms. The van der Waals surface area contributed by atoms with Gasteiger partial charge < -0.3 is 14.8 Å². The Morgan fingerprint density at radius 2 is 1.97 bits per heavy atom. The van der Waals surface area contributed by atoms with E-state index in [1.165, 1.54) is 0 Å². The van der Waals surface area contributed by atoms with Crippen molar-refractivity contribution in [2.24, 2.45) is 5.92 Å². The zero-order chi connectivity index (χ0) is 20.5. The van der Waals surface area contributed by atoms with Crippen molar-refractivity contribution in [3.8, 4) is 17.5 Å². The van der Waals surface area contributed by atoms with Crippen LogP contribution >= 0.6 is 0 Å². The number of fused-ring (bicyclic) bond motifs is 1. The Morgan fingerprint density at radius 1 is 1.10 bits per heavy atom. The van der Waals surface area contributed by atoms with Crippen LogP contribution < -0.4 is 4.90 Å². The summed E-state index contributed by atoms with van der Waals surface area (Å²) in [5, 5.41) is 9.13. The number of benzene rings is 1. The molecular formula is C23H24N6O. The van der Waals surface area contributed by atoms with Gasteiger partial charge in [0.25, 0.3) is 0 Å². The quantitative estimate of drug-likeness (QED) is 0.728. The number of amides is 1. The maximum absolute atomic E-state index is 12.8. The first-order valence-corrected chi connectivity index (χ1v) is 10.6. The fourth-order valence-electron chi connectivity index (χ4n) is 4.51. The average Bonchev–Trinajstić information content (AvgIpc) is 3.48. The Balaban J connectivity index is 1.38. The molecular weight excluding hydrogens is 376 g/mol. The van der Waals surface area contributed by atoms with Gasteiger partial charge in [-0.2, -0.15) is 5.26 Å². The summed E-state index contributed by atoms with van der Waals surface area (Å²) < 4.78 is 0. The van der Waals surface area contributed by atoms with Crippen LogP contribution in [0.3, 0.4) is 0 Å². The third-order valence-corrected chi connectivity index (χ3v) is 6.11. The standard InChI is InChI=1S/C23H24N6O/c24-14-16-5-3-6-17(13-16)21-25-19-8-9-20(26-22(19)27-21)29-12-4-7-18(15-29)23(30)28-10-1-2-11-28/h3,5-6,8-9,13,18H,1-2,4,7,10-12,15H2,(H,25,26,27). The normalized spacial score (nSPS) is 19.2. The van der Waals surface area contributed by atoms with Crippen molar-refractivity contribution in [3.05, 3.63) is 42.0 Å². The van der Waals surface area contributed by atoms with E-state index in [2.05, 4.69) is 20.9 Å². The van der Waals surface area contributed by atoms with Crippen molar-refractivity contribution in [1.82, 2.24) is 19.9 Å². The second-order valence-corrected chi connectivity index (χ2v) is 8.14. The van der Waals surface area contributed by atoms with Crippen LogP contribution in [0.25, 0.3) is 22.6 Å². The van der Waals surface area contributed by atoms with Gasteiger partial charge in [0, 0.05) is 31.7 Å². The number of hydrogen-bond donors (Lipinski definition) is 1. The number of imidazole rings is 1. The number of nitrogens with zero attached hydrogens (tertiary/aromatic N) is 5. The lowest BCUT2D eigenvalue weighted by Crippen LogP contribution is -2.44. The summed E-state index contributed by atoms with van der Waals surface area (Å²) in [6.45, 7) is 3.43. The van der Waals surface area contributed by atoms with Crippen molar-refractivity contribution < 1.29 is 4.79 Å². The number of rotatable bonds is 3. The van der Waals surface area contributed by atoms with Crippen molar-refractivity contribution in [1.29, 1.82) is 5.26 Å². The van der Waals surface area contributed by atoms with Gasteiger partial charge in [-0.05, 0) is 49.9 Å². The molecule has 3 aromatic rings. The molecule has 4 heterocycles. The van der Waals surface area contributed by atoms with E-state index >= 15 is 0 Å². The van der Waals surface area contributed by atoms with Gasteiger partial charge in [0.2, 0.25) is 5.91 Å². The largest absolute Gasteiger partial charge is 0.356 e. The van der Waals surface area contributed by atoms with Crippen molar-refractivity contribution in [2.45, 2.75) is 25.7 Å². The van der Waals surface area contributed by atoms with Crippen molar-refractivity contribution in [2.75, 3.05) is 31.1 Å². The minimum Gasteiger partial charge on any atom is -0.356 e. The monoisotopic (exact) mass is 400 g/mol. The lowest BCUT2D eigenvalue weighted by Gasteiger charge is -2.34. The summed E-state index contributed by atoms with van der Waals surface area (Å²) in [7, 11) is 0. The van der Waals surface area contributed by atoms with E-state index in [4.69, 9.17) is 10.2 Å². The van der Waals surface area contributed by atoms with E-state index in [-0.39, 0.29) is 5.92 Å². The molecule has 1 unspecified atom stereocenters. The Kier molecular flexibility index (Phi) is 4.83. The highest BCUT2D eigenvalue weighted by atomic mass is 16.2. The molecule has 1 amide bonds. The fourth-order valence-corrected chi connectivity index (χ4v) is 4.51. The fraction of sp³-hybridized carbons (Fsp3) is 0.391. The molecule has 2 aliphatic rings. The van der Waals surface area contributed by atoms with E-state index in [9.17, 15) is 4.79 Å².